The number of sulfonamides is 1. The quantitative estimate of drug-likeness (QED) is 0.686. The molecule has 0 bridgehead atoms. The van der Waals surface area contributed by atoms with Crippen molar-refractivity contribution in [2.24, 2.45) is 0 Å². The number of hydrogen-bond donors (Lipinski definition) is 1. The molecule has 27 heavy (non-hydrogen) atoms. The highest BCUT2D eigenvalue weighted by molar-refractivity contribution is 7.89. The Morgan fingerprint density at radius 1 is 1.15 bits per heavy atom. The fraction of sp³-hybridized carbons (Fsp3) is 0.632. The molecule has 0 unspecified atom stereocenters. The fourth-order valence-electron chi connectivity index (χ4n) is 3.18. The van der Waals surface area contributed by atoms with Crippen molar-refractivity contribution >= 4 is 15.9 Å². The predicted molar refractivity (Wildman–Crippen MR) is 105 cm³/mol. The lowest BCUT2D eigenvalue weighted by Crippen LogP contribution is -2.51. The Hall–Kier alpha value is -1.64. The number of piperazine rings is 1. The van der Waals surface area contributed by atoms with Crippen molar-refractivity contribution in [2.75, 3.05) is 39.3 Å². The second-order valence-electron chi connectivity index (χ2n) is 6.84. The second-order valence-corrected chi connectivity index (χ2v) is 8.78. The Kier molecular flexibility index (Phi) is 8.07. The molecule has 1 saturated heterocycles. The molecule has 1 heterocycles. The monoisotopic (exact) mass is 397 g/mol. The van der Waals surface area contributed by atoms with Gasteiger partial charge in [-0.3, -0.25) is 9.69 Å². The average molecular weight is 398 g/mol. The van der Waals surface area contributed by atoms with Gasteiger partial charge in [0.05, 0.1) is 18.0 Å². The van der Waals surface area contributed by atoms with E-state index in [1.54, 1.807) is 24.3 Å². The zero-order chi connectivity index (χ0) is 19.9. The first-order chi connectivity index (χ1) is 12.9. The average Bonchev–Trinajstić information content (AvgIpc) is 2.63. The van der Waals surface area contributed by atoms with Gasteiger partial charge in [0, 0.05) is 32.2 Å². The highest BCUT2D eigenvalue weighted by atomic mass is 32.2. The van der Waals surface area contributed by atoms with Crippen LogP contribution in [0, 0.1) is 0 Å². The Morgan fingerprint density at radius 3 is 2.33 bits per heavy atom. The van der Waals surface area contributed by atoms with E-state index in [1.165, 1.54) is 4.31 Å². The topological polar surface area (TPSA) is 79.0 Å². The van der Waals surface area contributed by atoms with E-state index in [0.29, 0.717) is 45.1 Å². The number of rotatable bonds is 9. The third kappa shape index (κ3) is 6.19. The summed E-state index contributed by atoms with van der Waals surface area (Å²) in [5, 5.41) is 2.99. The Morgan fingerprint density at radius 2 is 1.78 bits per heavy atom. The lowest BCUT2D eigenvalue weighted by atomic mass is 10.2. The molecule has 7 nitrogen and oxygen atoms in total. The van der Waals surface area contributed by atoms with Gasteiger partial charge in [0.2, 0.25) is 15.9 Å². The summed E-state index contributed by atoms with van der Waals surface area (Å²) in [6.07, 6.45) is 1.99. The molecular weight excluding hydrogens is 366 g/mol. The van der Waals surface area contributed by atoms with E-state index in [2.05, 4.69) is 12.2 Å². The van der Waals surface area contributed by atoms with Gasteiger partial charge >= 0.3 is 0 Å². The molecule has 1 N–H and O–H groups in total. The lowest BCUT2D eigenvalue weighted by Gasteiger charge is -2.33. The van der Waals surface area contributed by atoms with Crippen molar-refractivity contribution in [1.29, 1.82) is 0 Å². The van der Waals surface area contributed by atoms with Crippen LogP contribution in [0.4, 0.5) is 0 Å². The summed E-state index contributed by atoms with van der Waals surface area (Å²) in [7, 11) is -3.52. The molecule has 0 aromatic heterocycles. The van der Waals surface area contributed by atoms with Crippen LogP contribution in [0.1, 0.15) is 33.6 Å². The van der Waals surface area contributed by atoms with Gasteiger partial charge in [-0.15, -0.1) is 0 Å². The minimum absolute atomic E-state index is 0.00114. The molecule has 2 rings (SSSR count). The van der Waals surface area contributed by atoms with E-state index in [1.807, 2.05) is 18.7 Å². The van der Waals surface area contributed by atoms with Crippen molar-refractivity contribution in [1.82, 2.24) is 14.5 Å². The van der Waals surface area contributed by atoms with Gasteiger partial charge in [-0.05, 0) is 44.5 Å². The second kappa shape index (κ2) is 10.1. The molecule has 0 spiro atoms. The third-order valence-electron chi connectivity index (χ3n) is 4.60. The normalized spacial score (nSPS) is 17.4. The highest BCUT2D eigenvalue weighted by Crippen LogP contribution is 2.20. The van der Waals surface area contributed by atoms with Gasteiger partial charge in [0.25, 0.3) is 0 Å². The summed E-state index contributed by atoms with van der Waals surface area (Å²) < 4.78 is 32.4. The van der Waals surface area contributed by atoms with Crippen LogP contribution in [-0.2, 0) is 14.8 Å². The number of benzene rings is 1. The first-order valence-corrected chi connectivity index (χ1v) is 11.1. The van der Waals surface area contributed by atoms with Crippen LogP contribution in [0.3, 0.4) is 0 Å². The van der Waals surface area contributed by atoms with E-state index in [9.17, 15) is 13.2 Å². The van der Waals surface area contributed by atoms with Gasteiger partial charge in [-0.25, -0.2) is 8.42 Å². The van der Waals surface area contributed by atoms with Gasteiger partial charge in [-0.1, -0.05) is 13.3 Å². The van der Waals surface area contributed by atoms with E-state index >= 15 is 0 Å². The minimum Gasteiger partial charge on any atom is -0.494 e. The van der Waals surface area contributed by atoms with Gasteiger partial charge in [0.15, 0.2) is 0 Å². The van der Waals surface area contributed by atoms with Crippen LogP contribution < -0.4 is 10.1 Å². The van der Waals surface area contributed by atoms with E-state index in [-0.39, 0.29) is 16.8 Å². The van der Waals surface area contributed by atoms with Crippen molar-refractivity contribution in [2.45, 2.75) is 44.6 Å². The molecule has 0 radical (unpaired) electrons. The Labute approximate surface area is 162 Å². The molecule has 1 atom stereocenters. The predicted octanol–water partition coefficient (Wildman–Crippen LogP) is 1.70. The summed E-state index contributed by atoms with van der Waals surface area (Å²) in [5.74, 6) is 0.656. The summed E-state index contributed by atoms with van der Waals surface area (Å²) in [4.78, 5) is 14.4. The number of carbonyl (C=O) groups excluding carboxylic acids is 1. The molecule has 0 saturated carbocycles. The molecule has 1 aromatic rings. The summed E-state index contributed by atoms with van der Waals surface area (Å²) in [5.41, 5.74) is 0. The number of nitrogens with zero attached hydrogens (tertiary/aromatic N) is 2. The first-order valence-electron chi connectivity index (χ1n) is 9.61. The molecular formula is C19H31N3O4S. The number of nitrogens with one attached hydrogen (secondary N) is 1. The van der Waals surface area contributed by atoms with Crippen LogP contribution >= 0.6 is 0 Å². The zero-order valence-corrected chi connectivity index (χ0v) is 17.3. The molecule has 0 aliphatic carbocycles. The molecule has 1 fully saturated rings. The molecule has 1 aromatic carbocycles. The lowest BCUT2D eigenvalue weighted by molar-refractivity contribution is -0.123. The van der Waals surface area contributed by atoms with Crippen molar-refractivity contribution in [3.63, 3.8) is 0 Å². The SMILES string of the molecule is CCC[C@@H](C)NC(=O)CN1CCN(S(=O)(=O)c2ccc(OCC)cc2)CC1. The number of amides is 1. The van der Waals surface area contributed by atoms with Crippen LogP contribution in [-0.4, -0.2) is 68.9 Å². The molecule has 8 heteroatoms. The smallest absolute Gasteiger partial charge is 0.243 e. The summed E-state index contributed by atoms with van der Waals surface area (Å²) >= 11 is 0. The van der Waals surface area contributed by atoms with Crippen LogP contribution in [0.25, 0.3) is 0 Å². The number of ether oxygens (including phenoxy) is 1. The van der Waals surface area contributed by atoms with E-state index in [4.69, 9.17) is 4.74 Å². The van der Waals surface area contributed by atoms with Crippen LogP contribution in [0.5, 0.6) is 5.75 Å². The van der Waals surface area contributed by atoms with E-state index < -0.39 is 10.0 Å². The maximum Gasteiger partial charge on any atom is 0.243 e. The van der Waals surface area contributed by atoms with Gasteiger partial charge in [-0.2, -0.15) is 4.31 Å². The minimum atomic E-state index is -3.52. The molecule has 1 aliphatic heterocycles. The van der Waals surface area contributed by atoms with Crippen molar-refractivity contribution < 1.29 is 17.9 Å². The van der Waals surface area contributed by atoms with Gasteiger partial charge < -0.3 is 10.1 Å². The van der Waals surface area contributed by atoms with E-state index in [0.717, 1.165) is 12.8 Å². The van der Waals surface area contributed by atoms with Crippen LogP contribution in [0.2, 0.25) is 0 Å². The molecule has 1 amide bonds. The first kappa shape index (κ1) is 21.7. The van der Waals surface area contributed by atoms with Crippen LogP contribution in [0.15, 0.2) is 29.2 Å². The Balaban J connectivity index is 1.87. The van der Waals surface area contributed by atoms with Crippen molar-refractivity contribution in [3.05, 3.63) is 24.3 Å². The zero-order valence-electron chi connectivity index (χ0n) is 16.5. The Bertz CT molecular complexity index is 698. The molecule has 152 valence electrons. The van der Waals surface area contributed by atoms with Gasteiger partial charge in [0.1, 0.15) is 5.75 Å². The maximum atomic E-state index is 12.8. The summed E-state index contributed by atoms with van der Waals surface area (Å²) in [6, 6.07) is 6.68. The third-order valence-corrected chi connectivity index (χ3v) is 6.51. The highest BCUT2D eigenvalue weighted by Gasteiger charge is 2.29. The number of hydrogen-bond acceptors (Lipinski definition) is 5. The standard InChI is InChI=1S/C19H31N3O4S/c1-4-6-16(3)20-19(23)15-21-11-13-22(14-12-21)27(24,25)18-9-7-17(8-10-18)26-5-2/h7-10,16H,4-6,11-15H2,1-3H3,(H,20,23)/t16-/m1/s1. The maximum absolute atomic E-state index is 12.8. The molecule has 1 aliphatic rings. The van der Waals surface area contributed by atoms with Crippen molar-refractivity contribution in [3.8, 4) is 5.75 Å². The summed E-state index contributed by atoms with van der Waals surface area (Å²) in [6.45, 7) is 8.69. The number of carbonyl (C=O) groups is 1. The largest absolute Gasteiger partial charge is 0.494 e. The fourth-order valence-corrected chi connectivity index (χ4v) is 4.60.